The van der Waals surface area contributed by atoms with Crippen LogP contribution in [0.1, 0.15) is 38.1 Å². The summed E-state index contributed by atoms with van der Waals surface area (Å²) in [5, 5.41) is 14.1. The lowest BCUT2D eigenvalue weighted by Crippen LogP contribution is -2.50. The quantitative estimate of drug-likeness (QED) is 0.702. The van der Waals surface area contributed by atoms with Crippen LogP contribution in [-0.4, -0.2) is 34.7 Å². The van der Waals surface area contributed by atoms with Crippen LogP contribution in [0.5, 0.6) is 5.75 Å². The number of hydrogen-bond acceptors (Lipinski definition) is 5. The Kier molecular flexibility index (Phi) is 6.41. The lowest BCUT2D eigenvalue weighted by atomic mass is 10.0. The van der Waals surface area contributed by atoms with Gasteiger partial charge in [0.15, 0.2) is 6.10 Å². The predicted molar refractivity (Wildman–Crippen MR) is 105 cm³/mol. The van der Waals surface area contributed by atoms with Crippen molar-refractivity contribution in [1.29, 1.82) is 0 Å². The molecule has 0 fully saturated rings. The van der Waals surface area contributed by atoms with Crippen LogP contribution in [0.25, 0.3) is 11.1 Å². The first-order valence-electron chi connectivity index (χ1n) is 8.78. The van der Waals surface area contributed by atoms with Crippen molar-refractivity contribution in [2.45, 2.75) is 39.3 Å². The molecule has 2 aromatic carbocycles. The Morgan fingerprint density at radius 2 is 1.43 bits per heavy atom. The predicted octanol–water partition coefficient (Wildman–Crippen LogP) is 3.23. The standard InChI is InChI=1S/C21H24N2O5/c1-13(18(25)22-20(27)23-21(2,3)4)28-19(26)16-7-5-14(6-8-16)15-9-11-17(24)12-10-15/h5-13,24H,1-4H3,(H2,22,23,25,27)/t13-/m0/s1. The van der Waals surface area contributed by atoms with Crippen molar-refractivity contribution < 1.29 is 24.2 Å². The molecule has 0 radical (unpaired) electrons. The van der Waals surface area contributed by atoms with Crippen molar-refractivity contribution in [3.63, 3.8) is 0 Å². The first kappa shape index (κ1) is 21.0. The molecule has 0 aliphatic heterocycles. The molecule has 0 saturated heterocycles. The zero-order valence-corrected chi connectivity index (χ0v) is 16.3. The van der Waals surface area contributed by atoms with Gasteiger partial charge in [-0.15, -0.1) is 0 Å². The molecule has 0 unspecified atom stereocenters. The number of rotatable bonds is 4. The molecule has 3 amide bonds. The fourth-order valence-corrected chi connectivity index (χ4v) is 2.32. The second-order valence-electron chi connectivity index (χ2n) is 7.37. The lowest BCUT2D eigenvalue weighted by Gasteiger charge is -2.21. The number of nitrogens with one attached hydrogen (secondary N) is 2. The third-order valence-electron chi connectivity index (χ3n) is 3.70. The summed E-state index contributed by atoms with van der Waals surface area (Å²) in [4.78, 5) is 36.0. The Bertz CT molecular complexity index is 852. The van der Waals surface area contributed by atoms with E-state index < -0.39 is 29.6 Å². The highest BCUT2D eigenvalue weighted by atomic mass is 16.5. The average molecular weight is 384 g/mol. The molecule has 0 saturated carbocycles. The molecule has 3 N–H and O–H groups in total. The maximum Gasteiger partial charge on any atom is 0.338 e. The number of amides is 3. The highest BCUT2D eigenvalue weighted by Crippen LogP contribution is 2.22. The fraction of sp³-hybridized carbons (Fsp3) is 0.286. The van der Waals surface area contributed by atoms with E-state index >= 15 is 0 Å². The molecule has 7 nitrogen and oxygen atoms in total. The summed E-state index contributed by atoms with van der Waals surface area (Å²) in [7, 11) is 0. The molecule has 2 aromatic rings. The van der Waals surface area contributed by atoms with Gasteiger partial charge in [0.2, 0.25) is 0 Å². The number of phenolic OH excluding ortho intramolecular Hbond substituents is 1. The van der Waals surface area contributed by atoms with E-state index in [4.69, 9.17) is 4.74 Å². The molecular weight excluding hydrogens is 360 g/mol. The van der Waals surface area contributed by atoms with E-state index in [2.05, 4.69) is 10.6 Å². The van der Waals surface area contributed by atoms with Gasteiger partial charge < -0.3 is 15.2 Å². The molecule has 148 valence electrons. The van der Waals surface area contributed by atoms with Crippen molar-refractivity contribution in [3.8, 4) is 16.9 Å². The number of hydrogen-bond donors (Lipinski definition) is 3. The van der Waals surface area contributed by atoms with E-state index in [1.165, 1.54) is 6.92 Å². The first-order chi connectivity index (χ1) is 13.0. The monoisotopic (exact) mass is 384 g/mol. The number of carbonyl (C=O) groups excluding carboxylic acids is 3. The first-order valence-corrected chi connectivity index (χ1v) is 8.78. The summed E-state index contributed by atoms with van der Waals surface area (Å²) in [6, 6.07) is 12.7. The van der Waals surface area contributed by atoms with Crippen LogP contribution in [0, 0.1) is 0 Å². The number of carbonyl (C=O) groups is 3. The van der Waals surface area contributed by atoms with Gasteiger partial charge in [-0.25, -0.2) is 9.59 Å². The van der Waals surface area contributed by atoms with Crippen LogP contribution < -0.4 is 10.6 Å². The zero-order valence-electron chi connectivity index (χ0n) is 16.3. The Morgan fingerprint density at radius 1 is 0.929 bits per heavy atom. The van der Waals surface area contributed by atoms with Crippen LogP contribution in [0.4, 0.5) is 4.79 Å². The smallest absolute Gasteiger partial charge is 0.338 e. The van der Waals surface area contributed by atoms with Gasteiger partial charge in [0, 0.05) is 5.54 Å². The molecule has 0 spiro atoms. The van der Waals surface area contributed by atoms with E-state index in [1.807, 2.05) is 0 Å². The maximum atomic E-state index is 12.2. The highest BCUT2D eigenvalue weighted by molar-refractivity contribution is 5.98. The van der Waals surface area contributed by atoms with Gasteiger partial charge in [0.1, 0.15) is 5.75 Å². The van der Waals surface area contributed by atoms with E-state index in [9.17, 15) is 19.5 Å². The van der Waals surface area contributed by atoms with Crippen molar-refractivity contribution in [2.24, 2.45) is 0 Å². The van der Waals surface area contributed by atoms with Gasteiger partial charge in [-0.3, -0.25) is 10.1 Å². The van der Waals surface area contributed by atoms with E-state index in [-0.39, 0.29) is 11.3 Å². The van der Waals surface area contributed by atoms with Gasteiger partial charge in [-0.1, -0.05) is 24.3 Å². The number of urea groups is 1. The third-order valence-corrected chi connectivity index (χ3v) is 3.70. The van der Waals surface area contributed by atoms with Crippen molar-refractivity contribution in [3.05, 3.63) is 54.1 Å². The molecule has 0 aliphatic rings. The second-order valence-corrected chi connectivity index (χ2v) is 7.37. The Morgan fingerprint density at radius 3 is 1.93 bits per heavy atom. The highest BCUT2D eigenvalue weighted by Gasteiger charge is 2.22. The van der Waals surface area contributed by atoms with Crippen LogP contribution in [0.3, 0.4) is 0 Å². The zero-order chi connectivity index (χ0) is 20.9. The van der Waals surface area contributed by atoms with E-state index in [0.29, 0.717) is 0 Å². The molecule has 0 aliphatic carbocycles. The maximum absolute atomic E-state index is 12.2. The summed E-state index contributed by atoms with van der Waals surface area (Å²) < 4.78 is 5.13. The Hall–Kier alpha value is -3.35. The molecule has 0 heterocycles. The summed E-state index contributed by atoms with van der Waals surface area (Å²) in [5.41, 5.74) is 1.53. The van der Waals surface area contributed by atoms with Gasteiger partial charge in [-0.05, 0) is 63.1 Å². The number of esters is 1. The molecular formula is C21H24N2O5. The minimum atomic E-state index is -1.13. The van der Waals surface area contributed by atoms with Gasteiger partial charge >= 0.3 is 12.0 Å². The minimum Gasteiger partial charge on any atom is -0.508 e. The summed E-state index contributed by atoms with van der Waals surface area (Å²) in [6.45, 7) is 6.73. The van der Waals surface area contributed by atoms with Crippen LogP contribution >= 0.6 is 0 Å². The van der Waals surface area contributed by atoms with Crippen molar-refractivity contribution >= 4 is 17.9 Å². The number of aromatic hydroxyl groups is 1. The number of imide groups is 1. The lowest BCUT2D eigenvalue weighted by molar-refractivity contribution is -0.127. The SMILES string of the molecule is C[C@H](OC(=O)c1ccc(-c2ccc(O)cc2)cc1)C(=O)NC(=O)NC(C)(C)C. The Labute approximate surface area is 163 Å². The average Bonchev–Trinajstić information content (AvgIpc) is 2.60. The number of benzene rings is 2. The van der Waals surface area contributed by atoms with Crippen LogP contribution in [-0.2, 0) is 9.53 Å². The summed E-state index contributed by atoms with van der Waals surface area (Å²) >= 11 is 0. The molecule has 0 aromatic heterocycles. The normalized spacial score (nSPS) is 12.0. The topological polar surface area (TPSA) is 105 Å². The minimum absolute atomic E-state index is 0.174. The molecule has 7 heteroatoms. The van der Waals surface area contributed by atoms with Crippen LogP contribution in [0.2, 0.25) is 0 Å². The van der Waals surface area contributed by atoms with Crippen molar-refractivity contribution in [2.75, 3.05) is 0 Å². The second kappa shape index (κ2) is 8.56. The van der Waals surface area contributed by atoms with E-state index in [1.54, 1.807) is 69.3 Å². The van der Waals surface area contributed by atoms with Gasteiger partial charge in [0.05, 0.1) is 5.56 Å². The summed E-state index contributed by atoms with van der Waals surface area (Å²) in [6.07, 6.45) is -1.13. The Balaban J connectivity index is 1.95. The fourth-order valence-electron chi connectivity index (χ4n) is 2.32. The third kappa shape index (κ3) is 6.12. The number of ether oxygens (including phenoxy) is 1. The van der Waals surface area contributed by atoms with Crippen LogP contribution in [0.15, 0.2) is 48.5 Å². The van der Waals surface area contributed by atoms with Crippen molar-refractivity contribution in [1.82, 2.24) is 10.6 Å². The molecule has 1 atom stereocenters. The largest absolute Gasteiger partial charge is 0.508 e. The summed E-state index contributed by atoms with van der Waals surface area (Å²) in [5.74, 6) is -1.21. The van der Waals surface area contributed by atoms with Gasteiger partial charge in [0.25, 0.3) is 5.91 Å². The molecule has 0 bridgehead atoms. The molecule has 28 heavy (non-hydrogen) atoms. The number of phenols is 1. The van der Waals surface area contributed by atoms with E-state index in [0.717, 1.165) is 11.1 Å². The van der Waals surface area contributed by atoms with Gasteiger partial charge in [-0.2, -0.15) is 0 Å². The molecule has 2 rings (SSSR count).